The van der Waals surface area contributed by atoms with Crippen molar-refractivity contribution in [1.82, 2.24) is 0 Å². The Morgan fingerprint density at radius 2 is 1.80 bits per heavy atom. The molecule has 0 aliphatic heterocycles. The lowest BCUT2D eigenvalue weighted by molar-refractivity contribution is 0.108. The molecule has 0 aliphatic carbocycles. The maximum Gasteiger partial charge on any atom is 0.156 e. The Hall–Kier alpha value is -0.810. The van der Waals surface area contributed by atoms with Gasteiger partial charge in [0.25, 0.3) is 0 Å². The molecule has 0 saturated heterocycles. The van der Waals surface area contributed by atoms with Crippen LogP contribution in [0.15, 0.2) is 27.9 Å². The van der Waals surface area contributed by atoms with E-state index in [4.69, 9.17) is 60.7 Å². The molecule has 0 saturated carbocycles. The van der Waals surface area contributed by atoms with Crippen molar-refractivity contribution in [1.29, 1.82) is 0 Å². The molecule has 1 aromatic rings. The summed E-state index contributed by atoms with van der Waals surface area (Å²) in [7, 11) is 0. The van der Waals surface area contributed by atoms with E-state index >= 15 is 0 Å². The van der Waals surface area contributed by atoms with Gasteiger partial charge in [0, 0.05) is 18.3 Å². The second kappa shape index (κ2) is 13.4. The average Bonchev–Trinajstić information content (AvgIpc) is 2.55. The first kappa shape index (κ1) is 22.2. The van der Waals surface area contributed by atoms with Crippen LogP contribution in [-0.4, -0.2) is 26.0 Å². The smallest absolute Gasteiger partial charge is 0.156 e. The summed E-state index contributed by atoms with van der Waals surface area (Å²) < 4.78 is 11.1. The predicted octanol–water partition coefficient (Wildman–Crippen LogP) is 6.65. The lowest BCUT2D eigenvalue weighted by atomic mass is 10.2. The number of rotatable bonds is 12. The number of hydrogen-bond donors (Lipinski definition) is 0. The molecule has 1 rings (SSSR count). The lowest BCUT2D eigenvalue weighted by Gasteiger charge is -2.11. The van der Waals surface area contributed by atoms with Crippen LogP contribution in [0.4, 0.5) is 0 Å². The van der Waals surface area contributed by atoms with E-state index < -0.39 is 0 Å². The number of ether oxygens (including phenoxy) is 2. The van der Waals surface area contributed by atoms with Crippen LogP contribution in [-0.2, 0) is 4.84 Å². The molecular formula is C17H21Cl4NO3. The number of nitrogens with zero attached hydrogens (tertiary/aromatic N) is 1. The van der Waals surface area contributed by atoms with Crippen LogP contribution in [0.25, 0.3) is 0 Å². The van der Waals surface area contributed by atoms with E-state index in [2.05, 4.69) is 12.1 Å². The van der Waals surface area contributed by atoms with Crippen LogP contribution in [0.5, 0.6) is 11.5 Å². The first-order valence-corrected chi connectivity index (χ1v) is 9.45. The van der Waals surface area contributed by atoms with Gasteiger partial charge in [-0.25, -0.2) is 0 Å². The van der Waals surface area contributed by atoms with E-state index in [0.29, 0.717) is 28.2 Å². The van der Waals surface area contributed by atoms with E-state index in [1.54, 1.807) is 18.3 Å². The van der Waals surface area contributed by atoms with Crippen molar-refractivity contribution in [3.63, 3.8) is 0 Å². The molecule has 8 heteroatoms. The zero-order chi connectivity index (χ0) is 18.5. The average molecular weight is 429 g/mol. The summed E-state index contributed by atoms with van der Waals surface area (Å²) >= 11 is 23.3. The van der Waals surface area contributed by atoms with Crippen LogP contribution < -0.4 is 9.47 Å². The minimum atomic E-state index is 0.130. The number of oxime groups is 1. The maximum absolute atomic E-state index is 6.16. The zero-order valence-corrected chi connectivity index (χ0v) is 17.0. The highest BCUT2D eigenvalue weighted by molar-refractivity contribution is 6.55. The van der Waals surface area contributed by atoms with Gasteiger partial charge < -0.3 is 14.3 Å². The second-order valence-corrected chi connectivity index (χ2v) is 6.81. The summed E-state index contributed by atoms with van der Waals surface area (Å²) in [6.07, 6.45) is 7.69. The summed E-state index contributed by atoms with van der Waals surface area (Å²) in [6, 6.07) is 3.21. The monoisotopic (exact) mass is 427 g/mol. The van der Waals surface area contributed by atoms with Crippen molar-refractivity contribution < 1.29 is 14.3 Å². The Kier molecular flexibility index (Phi) is 11.9. The fourth-order valence-electron chi connectivity index (χ4n) is 1.78. The van der Waals surface area contributed by atoms with Crippen LogP contribution in [0.3, 0.4) is 0 Å². The van der Waals surface area contributed by atoms with Gasteiger partial charge in [-0.3, -0.25) is 0 Å². The minimum Gasteiger partial charge on any atom is -0.489 e. The molecule has 140 valence electrons. The van der Waals surface area contributed by atoms with Gasteiger partial charge in [0.05, 0.1) is 10.0 Å². The minimum absolute atomic E-state index is 0.130. The molecule has 0 amide bonds. The molecule has 0 heterocycles. The Morgan fingerprint density at radius 3 is 2.44 bits per heavy atom. The highest BCUT2D eigenvalue weighted by Gasteiger charge is 2.10. The number of halogens is 4. The molecule has 1 aromatic carbocycles. The largest absolute Gasteiger partial charge is 0.489 e. The molecule has 0 atom stereocenters. The normalized spacial score (nSPS) is 10.8. The highest BCUT2D eigenvalue weighted by atomic mass is 35.5. The summed E-state index contributed by atoms with van der Waals surface area (Å²) in [5.74, 6) is 0.859. The first-order chi connectivity index (χ1) is 12.0. The molecule has 0 spiro atoms. The summed E-state index contributed by atoms with van der Waals surface area (Å²) in [5.41, 5.74) is 0. The van der Waals surface area contributed by atoms with E-state index in [0.717, 1.165) is 12.8 Å². The maximum atomic E-state index is 6.16. The van der Waals surface area contributed by atoms with Crippen molar-refractivity contribution in [3.8, 4) is 11.5 Å². The Morgan fingerprint density at radius 1 is 1.08 bits per heavy atom. The van der Waals surface area contributed by atoms with Gasteiger partial charge in [-0.1, -0.05) is 71.3 Å². The third-order valence-electron chi connectivity index (χ3n) is 2.97. The van der Waals surface area contributed by atoms with Crippen molar-refractivity contribution in [2.24, 2.45) is 5.16 Å². The summed E-state index contributed by atoms with van der Waals surface area (Å²) in [4.78, 5) is 5.12. The number of unbranched alkanes of at least 4 members (excludes halogenated alkanes) is 3. The van der Waals surface area contributed by atoms with Gasteiger partial charge >= 0.3 is 0 Å². The molecule has 0 fully saturated rings. The van der Waals surface area contributed by atoms with Crippen molar-refractivity contribution in [3.05, 3.63) is 32.7 Å². The standard InChI is InChI=1S/C17H21Cl4NO3/c1-2-3-4-5-7-22-25-10-9-24-17-14(18)11-13(12-15(17)19)23-8-6-16(20)21/h6-7,11-12H,2-5,8-10H2,1H3. The molecule has 0 N–H and O–H groups in total. The predicted molar refractivity (Wildman–Crippen MR) is 106 cm³/mol. The van der Waals surface area contributed by atoms with Crippen LogP contribution in [0, 0.1) is 0 Å². The number of benzene rings is 1. The van der Waals surface area contributed by atoms with E-state index in [1.165, 1.54) is 18.9 Å². The van der Waals surface area contributed by atoms with E-state index in [-0.39, 0.29) is 17.7 Å². The van der Waals surface area contributed by atoms with Crippen molar-refractivity contribution >= 4 is 52.6 Å². The molecule has 4 nitrogen and oxygen atoms in total. The van der Waals surface area contributed by atoms with Crippen molar-refractivity contribution in [2.75, 3.05) is 19.8 Å². The Labute approximate surface area is 168 Å². The quantitative estimate of drug-likeness (QED) is 0.212. The molecule has 0 aromatic heterocycles. The third-order valence-corrected chi connectivity index (χ3v) is 3.84. The molecule has 25 heavy (non-hydrogen) atoms. The molecular weight excluding hydrogens is 408 g/mol. The second-order valence-electron chi connectivity index (χ2n) is 4.99. The van der Waals surface area contributed by atoms with Gasteiger partial charge in [-0.2, -0.15) is 0 Å². The van der Waals surface area contributed by atoms with Gasteiger partial charge in [0.15, 0.2) is 12.4 Å². The Bertz CT molecular complexity index is 552. The van der Waals surface area contributed by atoms with Gasteiger partial charge in [-0.15, -0.1) is 0 Å². The highest BCUT2D eigenvalue weighted by Crippen LogP contribution is 2.36. The van der Waals surface area contributed by atoms with Gasteiger partial charge in [0.2, 0.25) is 0 Å². The van der Waals surface area contributed by atoms with Crippen LogP contribution in [0.2, 0.25) is 10.0 Å². The van der Waals surface area contributed by atoms with Crippen LogP contribution in [0.1, 0.15) is 32.6 Å². The summed E-state index contributed by atoms with van der Waals surface area (Å²) in [6.45, 7) is 2.94. The van der Waals surface area contributed by atoms with Gasteiger partial charge in [0.1, 0.15) is 23.5 Å². The zero-order valence-electron chi connectivity index (χ0n) is 13.9. The summed E-state index contributed by atoms with van der Waals surface area (Å²) in [5, 5.41) is 4.54. The van der Waals surface area contributed by atoms with Crippen molar-refractivity contribution in [2.45, 2.75) is 32.6 Å². The topological polar surface area (TPSA) is 40.0 Å². The lowest BCUT2D eigenvalue weighted by Crippen LogP contribution is -2.05. The first-order valence-electron chi connectivity index (χ1n) is 7.94. The SMILES string of the molecule is CCCCCC=NOCCOc1c(Cl)cc(OCC=C(Cl)Cl)cc1Cl. The van der Waals surface area contributed by atoms with Crippen LogP contribution >= 0.6 is 46.4 Å². The molecule has 0 unspecified atom stereocenters. The fourth-order valence-corrected chi connectivity index (χ4v) is 2.49. The number of hydrogen-bond acceptors (Lipinski definition) is 4. The molecule has 0 aliphatic rings. The van der Waals surface area contributed by atoms with E-state index in [9.17, 15) is 0 Å². The third kappa shape index (κ3) is 10.0. The molecule has 0 bridgehead atoms. The van der Waals surface area contributed by atoms with E-state index in [1.807, 2.05) is 0 Å². The Balaban J connectivity index is 2.37. The molecule has 0 radical (unpaired) electrons. The van der Waals surface area contributed by atoms with Gasteiger partial charge in [-0.05, 0) is 18.9 Å². The fraction of sp³-hybridized carbons (Fsp3) is 0.471.